The molecule has 11 nitrogen and oxygen atoms in total. The van der Waals surface area contributed by atoms with Gasteiger partial charge in [-0.1, -0.05) is 92.1 Å². The number of thiazole rings is 1. The van der Waals surface area contributed by atoms with Gasteiger partial charge < -0.3 is 24.6 Å². The highest BCUT2D eigenvalue weighted by molar-refractivity contribution is 7.10. The Hall–Kier alpha value is -3.32. The summed E-state index contributed by atoms with van der Waals surface area (Å²) < 4.78 is 12.2. The van der Waals surface area contributed by atoms with Crippen molar-refractivity contribution in [3.8, 4) is 0 Å². The zero-order chi connectivity index (χ0) is 44.7. The molecule has 60 heavy (non-hydrogen) atoms. The summed E-state index contributed by atoms with van der Waals surface area (Å²) in [5.74, 6) is -1.28. The summed E-state index contributed by atoms with van der Waals surface area (Å²) >= 11 is 1.43. The third-order valence-electron chi connectivity index (χ3n) is 13.2. The lowest BCUT2D eigenvalue weighted by Gasteiger charge is -2.41. The number of amides is 2. The van der Waals surface area contributed by atoms with Gasteiger partial charge in [0.05, 0.1) is 35.7 Å². The standard InChI is InChI=1S/C48H76N4O7S/c1-13-32(6)45(51(10)48(57)37(31(4)5)27-42(55)33(7)30(2)3)43(58-11)28-44(56)52-24-18-21-39(52)46(59-12)34(8)41(54)26-36(25-35-19-15-14-16-20-35)47-50-38(29-60-47)40(53)22-17-23-49-9/h14-16,19-20,29-34,36-37,39,43,45-46,49H,13,17-18,21-28H2,1-12H3/t32-,33-,34-,36+,37-,39-,43+,45-,46+/m0/s1. The average molecular weight is 853 g/mol. The van der Waals surface area contributed by atoms with Gasteiger partial charge in [0.2, 0.25) is 11.8 Å². The van der Waals surface area contributed by atoms with E-state index in [4.69, 9.17) is 14.5 Å². The van der Waals surface area contributed by atoms with Crippen LogP contribution in [0.2, 0.25) is 0 Å². The number of likely N-dealkylation sites (N-methyl/N-ethyl adjacent to an activating group) is 1. The van der Waals surface area contributed by atoms with Crippen LogP contribution in [0.4, 0.5) is 0 Å². The number of rotatable bonds is 27. The molecule has 0 saturated carbocycles. The Kier molecular flexibility index (Phi) is 21.2. The summed E-state index contributed by atoms with van der Waals surface area (Å²) in [6.45, 7) is 17.3. The molecule has 0 aliphatic carbocycles. The van der Waals surface area contributed by atoms with E-state index in [1.165, 1.54) is 11.3 Å². The number of aromatic nitrogens is 1. The number of ketones is 3. The Balaban J connectivity index is 1.81. The van der Waals surface area contributed by atoms with E-state index in [1.54, 1.807) is 26.2 Å². The van der Waals surface area contributed by atoms with Gasteiger partial charge in [0, 0.05) is 76.1 Å². The van der Waals surface area contributed by atoms with Gasteiger partial charge in [-0.25, -0.2) is 4.98 Å². The fourth-order valence-electron chi connectivity index (χ4n) is 8.72. The molecule has 9 atom stereocenters. The van der Waals surface area contributed by atoms with Gasteiger partial charge in [-0.05, 0) is 62.6 Å². The van der Waals surface area contributed by atoms with E-state index in [1.807, 2.05) is 89.2 Å². The van der Waals surface area contributed by atoms with Crippen LogP contribution in [0, 0.1) is 35.5 Å². The monoisotopic (exact) mass is 853 g/mol. The Morgan fingerprint density at radius 3 is 2.17 bits per heavy atom. The lowest BCUT2D eigenvalue weighted by atomic mass is 9.82. The largest absolute Gasteiger partial charge is 0.379 e. The topological polar surface area (TPSA) is 135 Å². The number of ether oxygens (including phenoxy) is 2. The van der Waals surface area contributed by atoms with Gasteiger partial charge in [-0.15, -0.1) is 11.3 Å². The van der Waals surface area contributed by atoms with E-state index >= 15 is 0 Å². The molecule has 2 heterocycles. The first-order valence-corrected chi connectivity index (χ1v) is 23.2. The molecule has 1 aliphatic heterocycles. The van der Waals surface area contributed by atoms with E-state index in [9.17, 15) is 24.0 Å². The van der Waals surface area contributed by atoms with Crippen molar-refractivity contribution in [2.24, 2.45) is 35.5 Å². The minimum Gasteiger partial charge on any atom is -0.379 e. The zero-order valence-corrected chi connectivity index (χ0v) is 39.5. The van der Waals surface area contributed by atoms with Gasteiger partial charge in [0.1, 0.15) is 17.3 Å². The quantitative estimate of drug-likeness (QED) is 0.0700. The Labute approximate surface area is 365 Å². The summed E-state index contributed by atoms with van der Waals surface area (Å²) in [5, 5.41) is 5.66. The van der Waals surface area contributed by atoms with Crippen LogP contribution in [0.5, 0.6) is 0 Å². The van der Waals surface area contributed by atoms with Gasteiger partial charge in [-0.2, -0.15) is 0 Å². The molecule has 0 unspecified atom stereocenters. The van der Waals surface area contributed by atoms with E-state index in [-0.39, 0.29) is 84.1 Å². The number of nitrogens with one attached hydrogen (secondary N) is 1. The van der Waals surface area contributed by atoms with Crippen molar-refractivity contribution in [2.45, 2.75) is 143 Å². The molecule has 1 aromatic carbocycles. The molecule has 1 aliphatic rings. The first-order chi connectivity index (χ1) is 28.5. The molecule has 0 spiro atoms. The summed E-state index contributed by atoms with van der Waals surface area (Å²) in [6.07, 6.45) is 3.34. The van der Waals surface area contributed by atoms with Crippen LogP contribution in [0.15, 0.2) is 35.7 Å². The van der Waals surface area contributed by atoms with Crippen molar-refractivity contribution in [2.75, 3.05) is 41.4 Å². The van der Waals surface area contributed by atoms with Gasteiger partial charge in [0.25, 0.3) is 0 Å². The number of carbonyl (C=O) groups is 5. The molecular formula is C48H76N4O7S. The predicted octanol–water partition coefficient (Wildman–Crippen LogP) is 8.05. The molecule has 336 valence electrons. The fourth-order valence-corrected chi connectivity index (χ4v) is 9.64. The van der Waals surface area contributed by atoms with Gasteiger partial charge in [0.15, 0.2) is 5.78 Å². The SMILES string of the molecule is CC[C@H](C)[C@@H]([C@@H](CC(=O)N1CCC[C@H]1[C@H](OC)[C@@H](C)C(=O)C[C@@H](Cc1ccccc1)c1nc(C(=O)CCCNC)cs1)OC)N(C)C(=O)[C@@H](CC(=O)[C@@H](C)C(C)C)C(C)C. The number of Topliss-reactive ketones (excluding diaryl/α,β-unsaturated/α-hetero) is 3. The number of carbonyl (C=O) groups excluding carboxylic acids is 5. The maximum Gasteiger partial charge on any atom is 0.226 e. The highest BCUT2D eigenvalue weighted by Crippen LogP contribution is 2.34. The Morgan fingerprint density at radius 2 is 1.58 bits per heavy atom. The van der Waals surface area contributed by atoms with Crippen LogP contribution in [-0.2, 0) is 35.1 Å². The lowest BCUT2D eigenvalue weighted by molar-refractivity contribution is -0.149. The van der Waals surface area contributed by atoms with Crippen LogP contribution in [0.1, 0.15) is 134 Å². The lowest BCUT2D eigenvalue weighted by Crippen LogP contribution is -2.54. The fraction of sp³-hybridized carbons (Fsp3) is 0.708. The third kappa shape index (κ3) is 13.8. The van der Waals surface area contributed by atoms with E-state index in [2.05, 4.69) is 19.2 Å². The van der Waals surface area contributed by atoms with E-state index in [0.29, 0.717) is 31.5 Å². The number of methoxy groups -OCH3 is 2. The molecular weight excluding hydrogens is 777 g/mol. The third-order valence-corrected chi connectivity index (χ3v) is 14.2. The number of benzene rings is 1. The molecule has 1 fully saturated rings. The first kappa shape index (κ1) is 51.0. The highest BCUT2D eigenvalue weighted by atomic mass is 32.1. The zero-order valence-electron chi connectivity index (χ0n) is 38.7. The molecule has 2 aromatic rings. The van der Waals surface area contributed by atoms with Crippen molar-refractivity contribution in [1.29, 1.82) is 0 Å². The van der Waals surface area contributed by atoms with Crippen LogP contribution >= 0.6 is 11.3 Å². The minimum absolute atomic E-state index is 0.00350. The maximum atomic E-state index is 14.4. The molecule has 2 amide bonds. The number of likely N-dealkylation sites (tertiary alicyclic amines) is 1. The summed E-state index contributed by atoms with van der Waals surface area (Å²) in [5.41, 5.74) is 1.53. The molecule has 0 radical (unpaired) electrons. The summed E-state index contributed by atoms with van der Waals surface area (Å²) in [6, 6.07) is 9.31. The molecule has 0 bridgehead atoms. The Bertz CT molecular complexity index is 1660. The molecule has 1 saturated heterocycles. The van der Waals surface area contributed by atoms with Gasteiger partial charge in [-0.3, -0.25) is 24.0 Å². The first-order valence-electron chi connectivity index (χ1n) is 22.3. The minimum atomic E-state index is -0.585. The van der Waals surface area contributed by atoms with Crippen molar-refractivity contribution >= 4 is 40.5 Å². The normalized spacial score (nSPS) is 18.4. The van der Waals surface area contributed by atoms with E-state index < -0.39 is 30.1 Å². The number of hydrogen-bond donors (Lipinski definition) is 1. The number of nitrogens with zero attached hydrogens (tertiary/aromatic N) is 3. The van der Waals surface area contributed by atoms with Crippen molar-refractivity contribution in [3.05, 3.63) is 52.0 Å². The smallest absolute Gasteiger partial charge is 0.226 e. The van der Waals surface area contributed by atoms with Crippen molar-refractivity contribution < 1.29 is 33.4 Å². The molecule has 12 heteroatoms. The summed E-state index contributed by atoms with van der Waals surface area (Å²) in [4.78, 5) is 77.5. The second kappa shape index (κ2) is 25.0. The van der Waals surface area contributed by atoms with E-state index in [0.717, 1.165) is 36.4 Å². The molecule has 1 aromatic heterocycles. The second-order valence-electron chi connectivity index (χ2n) is 17.9. The second-order valence-corrected chi connectivity index (χ2v) is 18.8. The van der Waals surface area contributed by atoms with Crippen LogP contribution in [-0.4, -0.2) is 110 Å². The predicted molar refractivity (Wildman–Crippen MR) is 240 cm³/mol. The van der Waals surface area contributed by atoms with Crippen molar-refractivity contribution in [3.63, 3.8) is 0 Å². The van der Waals surface area contributed by atoms with Gasteiger partial charge >= 0.3 is 0 Å². The Morgan fingerprint density at radius 1 is 0.917 bits per heavy atom. The average Bonchev–Trinajstić information content (AvgIpc) is 3.93. The van der Waals surface area contributed by atoms with Crippen LogP contribution < -0.4 is 5.32 Å². The van der Waals surface area contributed by atoms with Crippen LogP contribution in [0.25, 0.3) is 0 Å². The van der Waals surface area contributed by atoms with Crippen molar-refractivity contribution in [1.82, 2.24) is 20.1 Å². The van der Waals surface area contributed by atoms with Crippen LogP contribution in [0.3, 0.4) is 0 Å². The number of hydrogen-bond acceptors (Lipinski definition) is 10. The molecule has 3 rings (SSSR count). The highest BCUT2D eigenvalue weighted by Gasteiger charge is 2.43. The maximum absolute atomic E-state index is 14.4. The molecule has 1 N–H and O–H groups in total. The summed E-state index contributed by atoms with van der Waals surface area (Å²) in [7, 11) is 6.86.